The second-order valence-corrected chi connectivity index (χ2v) is 9.69. The van der Waals surface area contributed by atoms with E-state index in [1.807, 2.05) is 30.3 Å². The number of methoxy groups -OCH3 is 1. The number of esters is 1. The van der Waals surface area contributed by atoms with Gasteiger partial charge >= 0.3 is 5.97 Å². The number of ether oxygens (including phenoxy) is 3. The maximum atomic E-state index is 13.5. The van der Waals surface area contributed by atoms with Gasteiger partial charge in [0, 0.05) is 24.7 Å². The van der Waals surface area contributed by atoms with Crippen molar-refractivity contribution in [2.45, 2.75) is 26.0 Å². The normalized spacial score (nSPS) is 11.2. The summed E-state index contributed by atoms with van der Waals surface area (Å²) in [7, 11) is 1.54. The lowest BCUT2D eigenvalue weighted by Gasteiger charge is -2.22. The van der Waals surface area contributed by atoms with Crippen LogP contribution in [-0.4, -0.2) is 36.5 Å². The summed E-state index contributed by atoms with van der Waals surface area (Å²) in [6.45, 7) is 1.90. The third-order valence-corrected chi connectivity index (χ3v) is 6.52. The van der Waals surface area contributed by atoms with Crippen LogP contribution < -0.4 is 30.6 Å². The fraction of sp³-hybridized carbons (Fsp3) is 0.182. The van der Waals surface area contributed by atoms with Gasteiger partial charge < -0.3 is 35.7 Å². The van der Waals surface area contributed by atoms with Gasteiger partial charge in [-0.05, 0) is 71.6 Å². The zero-order valence-corrected chi connectivity index (χ0v) is 23.9. The molecule has 222 valence electrons. The predicted octanol–water partition coefficient (Wildman–Crippen LogP) is 4.70. The van der Waals surface area contributed by atoms with Crippen LogP contribution in [0.1, 0.15) is 35.2 Å². The average molecular weight is 583 g/mol. The lowest BCUT2D eigenvalue weighted by Crippen LogP contribution is -2.34. The number of amidine groups is 1. The molecule has 0 heterocycles. The monoisotopic (exact) mass is 582 g/mol. The van der Waals surface area contributed by atoms with Crippen molar-refractivity contribution < 1.29 is 28.9 Å². The molecule has 0 saturated carbocycles. The van der Waals surface area contributed by atoms with Crippen LogP contribution in [0.2, 0.25) is 0 Å². The molecule has 4 aromatic rings. The van der Waals surface area contributed by atoms with E-state index in [2.05, 4.69) is 10.6 Å². The number of aromatic hydroxyl groups is 1. The van der Waals surface area contributed by atoms with E-state index < -0.39 is 12.0 Å². The van der Waals surface area contributed by atoms with Crippen molar-refractivity contribution in [1.29, 1.82) is 5.41 Å². The molecule has 0 aromatic heterocycles. The first-order valence-electron chi connectivity index (χ1n) is 13.6. The molecule has 6 N–H and O–H groups in total. The Balaban J connectivity index is 1.51. The number of phenols is 1. The first kappa shape index (κ1) is 30.4. The zero-order valence-electron chi connectivity index (χ0n) is 23.9. The molecule has 0 aliphatic rings. The summed E-state index contributed by atoms with van der Waals surface area (Å²) in [5.41, 5.74) is 9.21. The van der Waals surface area contributed by atoms with Crippen molar-refractivity contribution in [3.05, 3.63) is 113 Å². The molecule has 0 bridgehead atoms. The third kappa shape index (κ3) is 8.49. The number of rotatable bonds is 13. The van der Waals surface area contributed by atoms with Crippen molar-refractivity contribution in [3.8, 4) is 23.0 Å². The van der Waals surface area contributed by atoms with Crippen molar-refractivity contribution in [2.24, 2.45) is 5.73 Å². The Morgan fingerprint density at radius 1 is 0.907 bits per heavy atom. The van der Waals surface area contributed by atoms with E-state index in [-0.39, 0.29) is 29.8 Å². The minimum Gasteiger partial charge on any atom is -0.504 e. The lowest BCUT2D eigenvalue weighted by atomic mass is 10.0. The number of anilines is 1. The van der Waals surface area contributed by atoms with Gasteiger partial charge in [-0.15, -0.1) is 0 Å². The molecule has 10 heteroatoms. The molecule has 4 rings (SSSR count). The van der Waals surface area contributed by atoms with Gasteiger partial charge in [0.25, 0.3) is 0 Å². The second-order valence-electron chi connectivity index (χ2n) is 9.69. The third-order valence-electron chi connectivity index (χ3n) is 6.52. The van der Waals surface area contributed by atoms with Crippen LogP contribution in [0.3, 0.4) is 0 Å². The summed E-state index contributed by atoms with van der Waals surface area (Å²) in [6, 6.07) is 25.9. The summed E-state index contributed by atoms with van der Waals surface area (Å²) in [4.78, 5) is 24.7. The molecular formula is C33H34N4O6. The molecule has 0 aliphatic carbocycles. The number of carbonyl (C=O) groups is 2. The van der Waals surface area contributed by atoms with Crippen LogP contribution in [0.4, 0.5) is 5.69 Å². The summed E-state index contributed by atoms with van der Waals surface area (Å²) in [5, 5.41) is 24.0. The molecule has 0 radical (unpaired) electrons. The number of benzene rings is 4. The molecule has 1 unspecified atom stereocenters. The van der Waals surface area contributed by atoms with E-state index in [9.17, 15) is 14.7 Å². The number of hydrogen-bond acceptors (Lipinski definition) is 8. The van der Waals surface area contributed by atoms with E-state index in [0.717, 1.165) is 11.1 Å². The van der Waals surface area contributed by atoms with Crippen molar-refractivity contribution in [2.75, 3.05) is 19.0 Å². The largest absolute Gasteiger partial charge is 0.504 e. The van der Waals surface area contributed by atoms with E-state index in [4.69, 9.17) is 25.4 Å². The van der Waals surface area contributed by atoms with Crippen molar-refractivity contribution >= 4 is 23.4 Å². The summed E-state index contributed by atoms with van der Waals surface area (Å²) in [6.07, 6.45) is 0.426. The fourth-order valence-electron chi connectivity index (χ4n) is 4.32. The minimum absolute atomic E-state index is 0.0522. The van der Waals surface area contributed by atoms with Crippen molar-refractivity contribution in [3.63, 3.8) is 0 Å². The topological polar surface area (TPSA) is 156 Å². The van der Waals surface area contributed by atoms with E-state index in [0.29, 0.717) is 41.3 Å². The highest BCUT2D eigenvalue weighted by atomic mass is 16.5. The zero-order chi connectivity index (χ0) is 30.8. The molecule has 0 aliphatic heterocycles. The number of nitrogen functional groups attached to an aromatic ring is 1. The summed E-state index contributed by atoms with van der Waals surface area (Å²) < 4.78 is 16.6. The predicted molar refractivity (Wildman–Crippen MR) is 164 cm³/mol. The Morgan fingerprint density at radius 2 is 1.63 bits per heavy atom. The maximum absolute atomic E-state index is 13.5. The first-order chi connectivity index (χ1) is 20.7. The summed E-state index contributed by atoms with van der Waals surface area (Å²) in [5.74, 6) is 0.0531. The smallest absolute Gasteiger partial charge is 0.308 e. The number of carbonyl (C=O) groups excluding carboxylic acids is 2. The van der Waals surface area contributed by atoms with Gasteiger partial charge in [-0.1, -0.05) is 42.5 Å². The van der Waals surface area contributed by atoms with Crippen LogP contribution >= 0.6 is 0 Å². The van der Waals surface area contributed by atoms with Gasteiger partial charge in [-0.3, -0.25) is 15.0 Å². The SMILES string of the molecule is COc1cc(C(Nc2ccc(C(=N)N)cc2)C(=O)NCCc2ccc(OC(C)=O)c(O)c2)ccc1OCc1ccccc1. The standard InChI is InChI=1S/C33H34N4O6/c1-21(38)43-28-14-8-22(18-27(28)39)16-17-36-33(40)31(37-26-12-9-24(10-13-26)32(34)35)25-11-15-29(30(19-25)41-2)42-20-23-6-4-3-5-7-23/h3-15,18-19,31,37,39H,16-17,20H2,1-2H3,(H3,34,35)(H,36,40). The number of amides is 1. The number of nitrogens with one attached hydrogen (secondary N) is 3. The molecule has 4 aromatic carbocycles. The van der Waals surface area contributed by atoms with Gasteiger partial charge in [0.2, 0.25) is 5.91 Å². The highest BCUT2D eigenvalue weighted by Crippen LogP contribution is 2.32. The second kappa shape index (κ2) is 14.4. The van der Waals surface area contributed by atoms with Crippen LogP contribution in [0, 0.1) is 5.41 Å². The minimum atomic E-state index is -0.806. The maximum Gasteiger partial charge on any atom is 0.308 e. The van der Waals surface area contributed by atoms with Gasteiger partial charge in [0.1, 0.15) is 18.5 Å². The van der Waals surface area contributed by atoms with Crippen molar-refractivity contribution in [1.82, 2.24) is 5.32 Å². The van der Waals surface area contributed by atoms with Gasteiger partial charge in [-0.2, -0.15) is 0 Å². The highest BCUT2D eigenvalue weighted by Gasteiger charge is 2.22. The molecule has 1 atom stereocenters. The Hall–Kier alpha value is -5.51. The molecule has 0 fully saturated rings. The molecule has 10 nitrogen and oxygen atoms in total. The molecule has 0 spiro atoms. The molecule has 43 heavy (non-hydrogen) atoms. The Kier molecular flexibility index (Phi) is 10.2. The van der Waals surface area contributed by atoms with E-state index in [1.165, 1.54) is 19.1 Å². The van der Waals surface area contributed by atoms with Gasteiger partial charge in [0.05, 0.1) is 7.11 Å². The molecule has 0 saturated heterocycles. The van der Waals surface area contributed by atoms with Crippen LogP contribution in [0.5, 0.6) is 23.0 Å². The number of hydrogen-bond donors (Lipinski definition) is 5. The number of nitrogens with two attached hydrogens (primary N) is 1. The fourth-order valence-corrected chi connectivity index (χ4v) is 4.32. The Bertz CT molecular complexity index is 1570. The van der Waals surface area contributed by atoms with Crippen LogP contribution in [0.25, 0.3) is 0 Å². The van der Waals surface area contributed by atoms with Crippen LogP contribution in [0.15, 0.2) is 91.0 Å². The number of phenolic OH excluding ortho intramolecular Hbond substituents is 1. The first-order valence-corrected chi connectivity index (χ1v) is 13.6. The van der Waals surface area contributed by atoms with E-state index >= 15 is 0 Å². The lowest BCUT2D eigenvalue weighted by molar-refractivity contribution is -0.132. The van der Waals surface area contributed by atoms with Gasteiger partial charge in [0.15, 0.2) is 23.0 Å². The Morgan fingerprint density at radius 3 is 2.28 bits per heavy atom. The molecular weight excluding hydrogens is 548 g/mol. The molecule has 1 amide bonds. The van der Waals surface area contributed by atoms with Crippen LogP contribution in [-0.2, 0) is 22.6 Å². The quantitative estimate of drug-likeness (QED) is 0.0657. The van der Waals surface area contributed by atoms with E-state index in [1.54, 1.807) is 55.6 Å². The van der Waals surface area contributed by atoms with Gasteiger partial charge in [-0.25, -0.2) is 0 Å². The average Bonchev–Trinajstić information content (AvgIpc) is 3.00. The summed E-state index contributed by atoms with van der Waals surface area (Å²) >= 11 is 0. The Labute approximate surface area is 249 Å². The highest BCUT2D eigenvalue weighted by molar-refractivity contribution is 5.95.